The molecule has 1 aromatic heterocycles. The van der Waals surface area contributed by atoms with E-state index in [-0.39, 0.29) is 35.6 Å². The topological polar surface area (TPSA) is 0 Å². The van der Waals surface area contributed by atoms with Gasteiger partial charge in [-0.25, -0.2) is 0 Å². The fourth-order valence-corrected chi connectivity index (χ4v) is 14.0. The molecule has 4 heteroatoms. The summed E-state index contributed by atoms with van der Waals surface area (Å²) in [6.07, 6.45) is 6.18. The molecule has 0 spiro atoms. The number of hydrogen-bond donors (Lipinski definition) is 0. The Kier molecular flexibility index (Phi) is 9.48. The van der Waals surface area contributed by atoms with E-state index < -0.39 is 21.3 Å². The van der Waals surface area contributed by atoms with E-state index >= 15 is 0 Å². The third-order valence-electron chi connectivity index (χ3n) is 7.84. The second-order valence-corrected chi connectivity index (χ2v) is 21.0. The van der Waals surface area contributed by atoms with Gasteiger partial charge in [-0.3, -0.25) is 0 Å². The van der Waals surface area contributed by atoms with Crippen LogP contribution in [-0.4, -0.2) is 3.21 Å². The number of fused-ring (bicyclic) bond motifs is 3. The van der Waals surface area contributed by atoms with E-state index in [1.165, 1.54) is 38.3 Å². The smallest absolute Gasteiger partial charge is 1.00 e. The third kappa shape index (κ3) is 5.86. The van der Waals surface area contributed by atoms with Crippen LogP contribution in [0.25, 0.3) is 16.7 Å². The van der Waals surface area contributed by atoms with Gasteiger partial charge in [0.15, 0.2) is 0 Å². The Labute approximate surface area is 254 Å². The monoisotopic (exact) mass is 640 g/mol. The van der Waals surface area contributed by atoms with Gasteiger partial charge in [0.1, 0.15) is 0 Å². The van der Waals surface area contributed by atoms with E-state index in [1.54, 1.807) is 15.3 Å². The van der Waals surface area contributed by atoms with Crippen LogP contribution in [0, 0.1) is 5.92 Å². The predicted molar refractivity (Wildman–Crippen MR) is 158 cm³/mol. The van der Waals surface area contributed by atoms with Crippen molar-refractivity contribution in [1.82, 2.24) is 0 Å². The van der Waals surface area contributed by atoms with Crippen molar-refractivity contribution in [3.05, 3.63) is 90.4 Å². The van der Waals surface area contributed by atoms with Gasteiger partial charge < -0.3 is 24.8 Å². The van der Waals surface area contributed by atoms with E-state index in [0.717, 1.165) is 6.42 Å². The van der Waals surface area contributed by atoms with Crippen LogP contribution in [0.3, 0.4) is 0 Å². The van der Waals surface area contributed by atoms with E-state index in [4.69, 9.17) is 0 Å². The molecule has 3 aromatic rings. The summed E-state index contributed by atoms with van der Waals surface area (Å²) in [6, 6.07) is 16.9. The molecule has 0 amide bonds. The summed E-state index contributed by atoms with van der Waals surface area (Å²) < 4.78 is 5.13. The summed E-state index contributed by atoms with van der Waals surface area (Å²) in [6.45, 7) is 21.4. The first-order valence-corrected chi connectivity index (χ1v) is 17.9. The number of thiophene rings is 1. The van der Waals surface area contributed by atoms with Crippen LogP contribution in [0.2, 0.25) is 0 Å². The van der Waals surface area contributed by atoms with Gasteiger partial charge in [0, 0.05) is 0 Å². The molecule has 0 aliphatic heterocycles. The quantitative estimate of drug-likeness (QED) is 0.323. The van der Waals surface area contributed by atoms with Crippen molar-refractivity contribution < 1.29 is 46.1 Å². The standard InChI is InChI=1S/C21H25.C10H9S.C3H6.2ClH.Zr/c1-20(2,3)16-9-7-14-11-15-8-10-17(21(4,5)6)13-19(15)18(14)12-16;1-8-4-5-9(7-8)10-3-2-6-11-10;1-3-2;;;/h7,9-10,12-13H,11H2,1-6H3;2-3,5-8H,1H3;1-2H3;2*1H;/q;;;;;+2/p-2. The molecule has 0 fully saturated rings. The van der Waals surface area contributed by atoms with Crippen LogP contribution in [-0.2, 0) is 38.5 Å². The Morgan fingerprint density at radius 3 is 2.11 bits per heavy atom. The molecule has 5 rings (SSSR count). The van der Waals surface area contributed by atoms with Crippen LogP contribution in [0.1, 0.15) is 89.4 Å². The van der Waals surface area contributed by atoms with Gasteiger partial charge in [-0.15, -0.1) is 0 Å². The first-order chi connectivity index (χ1) is 16.8. The summed E-state index contributed by atoms with van der Waals surface area (Å²) in [4.78, 5) is 1.41. The van der Waals surface area contributed by atoms with Crippen LogP contribution in [0.4, 0.5) is 0 Å². The van der Waals surface area contributed by atoms with Gasteiger partial charge in [-0.05, 0) is 0 Å². The largest absolute Gasteiger partial charge is 1.00 e. The minimum atomic E-state index is -2.28. The van der Waals surface area contributed by atoms with E-state index in [9.17, 15) is 0 Å². The van der Waals surface area contributed by atoms with Gasteiger partial charge in [0.05, 0.1) is 0 Å². The normalized spacial score (nSPS) is 15.8. The molecule has 0 saturated carbocycles. The number of hydrogen-bond acceptors (Lipinski definition) is 1. The molecular formula is C34H40Cl2SZr. The first-order valence-electron chi connectivity index (χ1n) is 13.3. The number of rotatable bonds is 3. The molecule has 0 N–H and O–H groups in total. The fourth-order valence-electron chi connectivity index (χ4n) is 5.71. The van der Waals surface area contributed by atoms with Crippen LogP contribution in [0.15, 0.2) is 63.3 Å². The maximum Gasteiger partial charge on any atom is -1.00 e. The molecule has 2 aromatic carbocycles. The molecule has 0 bridgehead atoms. The molecule has 1 atom stereocenters. The SMILES string of the molecule is C[C](C)=[Zr+2]([C]1=CC(c2cccs2)=CC1C)[c]1cc(C(C)(C)C)cc2c1Cc1ccc(C(C)(C)C)cc1-2.[Cl-].[Cl-]. The van der Waals surface area contributed by atoms with Gasteiger partial charge in [-0.1, -0.05) is 0 Å². The molecule has 0 saturated heterocycles. The summed E-state index contributed by atoms with van der Waals surface area (Å²) in [7, 11) is 0. The molecule has 1 heterocycles. The molecule has 2 aliphatic rings. The molecule has 200 valence electrons. The molecule has 2 aliphatic carbocycles. The second kappa shape index (κ2) is 11.4. The van der Waals surface area contributed by atoms with Crippen LogP contribution < -0.4 is 28.1 Å². The maximum absolute atomic E-state index is 2.63. The average Bonchev–Trinajstić information content (AvgIpc) is 3.51. The number of benzene rings is 2. The first kappa shape index (κ1) is 31.5. The van der Waals surface area contributed by atoms with Crippen LogP contribution >= 0.6 is 11.3 Å². The van der Waals surface area contributed by atoms with Gasteiger partial charge in [0.2, 0.25) is 0 Å². The van der Waals surface area contributed by atoms with Crippen molar-refractivity contribution in [3.63, 3.8) is 0 Å². The minimum absolute atomic E-state index is 0. The predicted octanol–water partition coefficient (Wildman–Crippen LogP) is 3.00. The zero-order chi connectivity index (χ0) is 26.0. The van der Waals surface area contributed by atoms with Gasteiger partial charge in [-0.2, -0.15) is 0 Å². The number of halogens is 2. The molecular weight excluding hydrogens is 603 g/mol. The zero-order valence-corrected chi connectivity index (χ0v) is 29.0. The Hall–Kier alpha value is -1.05. The summed E-state index contributed by atoms with van der Waals surface area (Å²) in [5.41, 5.74) is 10.8. The van der Waals surface area contributed by atoms with Gasteiger partial charge in [0.25, 0.3) is 0 Å². The van der Waals surface area contributed by atoms with Crippen molar-refractivity contribution in [1.29, 1.82) is 0 Å². The summed E-state index contributed by atoms with van der Waals surface area (Å²) in [5, 5.41) is 2.20. The van der Waals surface area contributed by atoms with Gasteiger partial charge >= 0.3 is 232 Å². The van der Waals surface area contributed by atoms with E-state index in [0.29, 0.717) is 5.92 Å². The van der Waals surface area contributed by atoms with E-state index in [1.807, 2.05) is 11.3 Å². The second-order valence-electron chi connectivity index (χ2n) is 13.0. The van der Waals surface area contributed by atoms with Crippen molar-refractivity contribution >= 4 is 23.4 Å². The van der Waals surface area contributed by atoms with Crippen LogP contribution in [0.5, 0.6) is 0 Å². The Morgan fingerprint density at radius 1 is 0.868 bits per heavy atom. The molecule has 0 radical (unpaired) electrons. The Bertz CT molecular complexity index is 1440. The van der Waals surface area contributed by atoms with Crippen molar-refractivity contribution in [3.8, 4) is 11.1 Å². The number of allylic oxidation sites excluding steroid dienone is 4. The van der Waals surface area contributed by atoms with Crippen molar-refractivity contribution in [2.24, 2.45) is 5.92 Å². The maximum atomic E-state index is 2.63. The van der Waals surface area contributed by atoms with E-state index in [2.05, 4.69) is 122 Å². The summed E-state index contributed by atoms with van der Waals surface area (Å²) in [5.74, 6) is 0.525. The molecule has 0 nitrogen and oxygen atoms in total. The fraction of sp³-hybridized carbons (Fsp3) is 0.382. The van der Waals surface area contributed by atoms with Crippen molar-refractivity contribution in [2.45, 2.75) is 79.6 Å². The zero-order valence-electron chi connectivity index (χ0n) is 24.2. The third-order valence-corrected chi connectivity index (χ3v) is 16.5. The molecule has 38 heavy (non-hydrogen) atoms. The summed E-state index contributed by atoms with van der Waals surface area (Å²) >= 11 is -0.415. The average molecular weight is 643 g/mol. The minimum Gasteiger partial charge on any atom is -1.00 e. The Balaban J connectivity index is 0.00000200. The van der Waals surface area contributed by atoms with Crippen molar-refractivity contribution in [2.75, 3.05) is 0 Å². The molecule has 1 unspecified atom stereocenters. The Morgan fingerprint density at radius 2 is 1.53 bits per heavy atom.